The maximum absolute atomic E-state index is 6.03. The zero-order valence-electron chi connectivity index (χ0n) is 8.87. The van der Waals surface area contributed by atoms with E-state index in [2.05, 4.69) is 40.2 Å². The molecule has 0 aliphatic rings. The lowest BCUT2D eigenvalue weighted by atomic mass is 10.2. The van der Waals surface area contributed by atoms with E-state index < -0.39 is 0 Å². The summed E-state index contributed by atoms with van der Waals surface area (Å²) < 4.78 is 1.18. The van der Waals surface area contributed by atoms with Crippen LogP contribution in [0.4, 0.5) is 5.69 Å². The van der Waals surface area contributed by atoms with E-state index in [1.54, 1.807) is 23.1 Å². The second-order valence-corrected chi connectivity index (χ2v) is 7.05. The van der Waals surface area contributed by atoms with Gasteiger partial charge in [0, 0.05) is 21.2 Å². The molecule has 0 unspecified atom stereocenters. The van der Waals surface area contributed by atoms with Crippen LogP contribution in [-0.4, -0.2) is 0 Å². The van der Waals surface area contributed by atoms with E-state index in [4.69, 9.17) is 5.73 Å². The Kier molecular flexibility index (Phi) is 3.95. The lowest BCUT2D eigenvalue weighted by Gasteiger charge is -2.06. The van der Waals surface area contributed by atoms with Gasteiger partial charge in [-0.2, -0.15) is 0 Å². The lowest BCUT2D eigenvalue weighted by Crippen LogP contribution is -1.91. The van der Waals surface area contributed by atoms with Gasteiger partial charge in [0.25, 0.3) is 0 Å². The molecular weight excluding hydrogens is 302 g/mol. The molecule has 0 radical (unpaired) electrons. The molecule has 2 rings (SSSR count). The number of thiophene rings is 1. The van der Waals surface area contributed by atoms with Crippen LogP contribution in [0.5, 0.6) is 0 Å². The first-order valence-corrected chi connectivity index (χ1v) is 7.48. The molecule has 0 atom stereocenters. The van der Waals surface area contributed by atoms with Crippen molar-refractivity contribution in [3.05, 3.63) is 44.6 Å². The zero-order chi connectivity index (χ0) is 11.5. The fourth-order valence-electron chi connectivity index (χ4n) is 1.36. The number of anilines is 1. The smallest absolute Gasteiger partial charge is 0.0701 e. The summed E-state index contributed by atoms with van der Waals surface area (Å²) >= 11 is 7.03. The first-order valence-electron chi connectivity index (χ1n) is 4.89. The molecule has 0 saturated heterocycles. The van der Waals surface area contributed by atoms with Gasteiger partial charge in [-0.05, 0) is 46.6 Å². The second kappa shape index (κ2) is 5.25. The average Bonchev–Trinajstić information content (AvgIpc) is 2.67. The summed E-state index contributed by atoms with van der Waals surface area (Å²) in [5.41, 5.74) is 8.08. The van der Waals surface area contributed by atoms with Crippen LogP contribution >= 0.6 is 39.0 Å². The molecule has 0 bridgehead atoms. The van der Waals surface area contributed by atoms with Gasteiger partial charge in [-0.1, -0.05) is 12.1 Å². The molecule has 1 aromatic heterocycles. The van der Waals surface area contributed by atoms with E-state index in [1.807, 2.05) is 13.0 Å². The SMILES string of the molecule is Cc1cccc(SCc2ccc(Br)s2)c1N. The minimum atomic E-state index is 0.906. The minimum absolute atomic E-state index is 0.906. The van der Waals surface area contributed by atoms with Gasteiger partial charge in [0.05, 0.1) is 3.79 Å². The predicted octanol–water partition coefficient (Wildman–Crippen LogP) is 4.69. The zero-order valence-corrected chi connectivity index (χ0v) is 12.1. The Morgan fingerprint density at radius 1 is 1.31 bits per heavy atom. The third kappa shape index (κ3) is 2.81. The first kappa shape index (κ1) is 12.0. The average molecular weight is 314 g/mol. The van der Waals surface area contributed by atoms with Crippen LogP contribution in [-0.2, 0) is 5.75 Å². The van der Waals surface area contributed by atoms with Crippen molar-refractivity contribution < 1.29 is 0 Å². The molecule has 0 aliphatic carbocycles. The van der Waals surface area contributed by atoms with Gasteiger partial charge < -0.3 is 5.73 Å². The summed E-state index contributed by atoms with van der Waals surface area (Å²) in [5.74, 6) is 0.976. The molecular formula is C12H12BrNS2. The normalized spacial score (nSPS) is 10.6. The second-order valence-electron chi connectivity index (χ2n) is 3.48. The van der Waals surface area contributed by atoms with Crippen molar-refractivity contribution in [3.8, 4) is 0 Å². The highest BCUT2D eigenvalue weighted by molar-refractivity contribution is 9.11. The summed E-state index contributed by atoms with van der Waals surface area (Å²) in [6.07, 6.45) is 0. The topological polar surface area (TPSA) is 26.0 Å². The van der Waals surface area contributed by atoms with Crippen LogP contribution in [0.3, 0.4) is 0 Å². The highest BCUT2D eigenvalue weighted by Gasteiger charge is 2.04. The number of hydrogen-bond acceptors (Lipinski definition) is 3. The van der Waals surface area contributed by atoms with Crippen LogP contribution in [0.15, 0.2) is 39.0 Å². The number of nitrogens with two attached hydrogens (primary N) is 1. The Labute approximate surface area is 112 Å². The first-order chi connectivity index (χ1) is 7.66. The highest BCUT2D eigenvalue weighted by Crippen LogP contribution is 2.32. The number of thioether (sulfide) groups is 1. The van der Waals surface area contributed by atoms with E-state index in [0.717, 1.165) is 17.0 Å². The summed E-state index contributed by atoms with van der Waals surface area (Å²) in [4.78, 5) is 2.53. The number of nitrogen functional groups attached to an aromatic ring is 1. The molecule has 1 aromatic carbocycles. The van der Waals surface area contributed by atoms with E-state index in [-0.39, 0.29) is 0 Å². The Morgan fingerprint density at radius 3 is 2.81 bits per heavy atom. The van der Waals surface area contributed by atoms with Crippen LogP contribution in [0, 0.1) is 6.92 Å². The molecule has 0 aliphatic heterocycles. The van der Waals surface area contributed by atoms with Gasteiger partial charge in [-0.25, -0.2) is 0 Å². The summed E-state index contributed by atoms with van der Waals surface area (Å²) in [6.45, 7) is 2.04. The third-order valence-corrected chi connectivity index (χ3v) is 5.21. The molecule has 16 heavy (non-hydrogen) atoms. The number of rotatable bonds is 3. The van der Waals surface area contributed by atoms with Crippen LogP contribution in [0.1, 0.15) is 10.4 Å². The lowest BCUT2D eigenvalue weighted by molar-refractivity contribution is 1.36. The molecule has 0 amide bonds. The van der Waals surface area contributed by atoms with E-state index in [9.17, 15) is 0 Å². The van der Waals surface area contributed by atoms with Gasteiger partial charge in [-0.15, -0.1) is 23.1 Å². The maximum Gasteiger partial charge on any atom is 0.0701 e. The van der Waals surface area contributed by atoms with Gasteiger partial charge in [0.15, 0.2) is 0 Å². The molecule has 0 spiro atoms. The molecule has 1 nitrogen and oxygen atoms in total. The molecule has 4 heteroatoms. The van der Waals surface area contributed by atoms with Gasteiger partial charge in [0.1, 0.15) is 0 Å². The van der Waals surface area contributed by atoms with Gasteiger partial charge in [0.2, 0.25) is 0 Å². The molecule has 0 fully saturated rings. The van der Waals surface area contributed by atoms with E-state index >= 15 is 0 Å². The number of hydrogen-bond donors (Lipinski definition) is 1. The highest BCUT2D eigenvalue weighted by atomic mass is 79.9. The van der Waals surface area contributed by atoms with Crippen molar-refractivity contribution >= 4 is 44.7 Å². The molecule has 2 N–H and O–H groups in total. The summed E-state index contributed by atoms with van der Waals surface area (Å²) in [5, 5.41) is 0. The quantitative estimate of drug-likeness (QED) is 0.657. The van der Waals surface area contributed by atoms with Crippen LogP contribution in [0.2, 0.25) is 0 Å². The van der Waals surface area contributed by atoms with Gasteiger partial charge in [-0.3, -0.25) is 0 Å². The Balaban J connectivity index is 2.07. The van der Waals surface area contributed by atoms with Crippen molar-refractivity contribution in [3.63, 3.8) is 0 Å². The van der Waals surface area contributed by atoms with E-state index in [0.29, 0.717) is 0 Å². The fourth-order valence-corrected chi connectivity index (χ4v) is 3.93. The number of aryl methyl sites for hydroxylation is 1. The van der Waals surface area contributed by atoms with Crippen molar-refractivity contribution in [1.82, 2.24) is 0 Å². The summed E-state index contributed by atoms with van der Waals surface area (Å²) in [7, 11) is 0. The maximum atomic E-state index is 6.03. The fraction of sp³-hybridized carbons (Fsp3) is 0.167. The van der Waals surface area contributed by atoms with Crippen molar-refractivity contribution in [2.75, 3.05) is 5.73 Å². The monoisotopic (exact) mass is 313 g/mol. The standard InChI is InChI=1S/C12H12BrNS2/c1-8-3-2-4-10(12(8)14)15-7-9-5-6-11(13)16-9/h2-6H,7,14H2,1H3. The van der Waals surface area contributed by atoms with Crippen LogP contribution in [0.25, 0.3) is 0 Å². The Morgan fingerprint density at radius 2 is 2.12 bits per heavy atom. The molecule has 2 aromatic rings. The van der Waals surface area contributed by atoms with Crippen LogP contribution < -0.4 is 5.73 Å². The van der Waals surface area contributed by atoms with Crippen molar-refractivity contribution in [2.45, 2.75) is 17.6 Å². The van der Waals surface area contributed by atoms with Crippen molar-refractivity contribution in [2.24, 2.45) is 0 Å². The predicted molar refractivity (Wildman–Crippen MR) is 77.2 cm³/mol. The van der Waals surface area contributed by atoms with Gasteiger partial charge >= 0.3 is 0 Å². The number of halogens is 1. The molecule has 1 heterocycles. The third-order valence-electron chi connectivity index (χ3n) is 2.28. The summed E-state index contributed by atoms with van der Waals surface area (Å²) in [6, 6.07) is 10.4. The minimum Gasteiger partial charge on any atom is -0.398 e. The number of para-hydroxylation sites is 1. The largest absolute Gasteiger partial charge is 0.398 e. The molecule has 84 valence electrons. The Bertz CT molecular complexity index is 494. The van der Waals surface area contributed by atoms with E-state index in [1.165, 1.54) is 13.6 Å². The Hall–Kier alpha value is -0.450. The molecule has 0 saturated carbocycles. The number of benzene rings is 1. The van der Waals surface area contributed by atoms with Crippen molar-refractivity contribution in [1.29, 1.82) is 0 Å².